The standard InChI is InChI=1S/C10H12BrNO3S/c1-15-10-5-2-7(11)6-9(10)12-16(13,14)8-3-4-8/h2,5-6,8,12H,3-4H2,1H3. The van der Waals surface area contributed by atoms with E-state index >= 15 is 0 Å². The maximum Gasteiger partial charge on any atom is 0.235 e. The van der Waals surface area contributed by atoms with Crippen molar-refractivity contribution >= 4 is 31.6 Å². The molecule has 16 heavy (non-hydrogen) atoms. The number of rotatable bonds is 4. The summed E-state index contributed by atoms with van der Waals surface area (Å²) in [7, 11) is -1.73. The van der Waals surface area contributed by atoms with Gasteiger partial charge in [-0.2, -0.15) is 0 Å². The van der Waals surface area contributed by atoms with Gasteiger partial charge in [0.05, 0.1) is 18.0 Å². The lowest BCUT2D eigenvalue weighted by Crippen LogP contribution is -2.17. The number of ether oxygens (including phenoxy) is 1. The second-order valence-electron chi connectivity index (χ2n) is 3.69. The van der Waals surface area contributed by atoms with Crippen LogP contribution in [0.15, 0.2) is 22.7 Å². The second-order valence-corrected chi connectivity index (χ2v) is 6.57. The molecule has 1 aliphatic carbocycles. The number of halogens is 1. The predicted molar refractivity (Wildman–Crippen MR) is 66.3 cm³/mol. The molecular formula is C10H12BrNO3S. The van der Waals surface area contributed by atoms with Crippen molar-refractivity contribution < 1.29 is 13.2 Å². The lowest BCUT2D eigenvalue weighted by Gasteiger charge is -2.11. The van der Waals surface area contributed by atoms with Gasteiger partial charge in [0.25, 0.3) is 0 Å². The molecule has 0 bridgehead atoms. The molecule has 1 aromatic rings. The van der Waals surface area contributed by atoms with Gasteiger partial charge in [-0.25, -0.2) is 8.42 Å². The first-order valence-corrected chi connectivity index (χ1v) is 7.22. The van der Waals surface area contributed by atoms with E-state index in [1.807, 2.05) is 0 Å². The molecule has 6 heteroatoms. The molecule has 2 rings (SSSR count). The molecule has 0 atom stereocenters. The molecule has 1 saturated carbocycles. The minimum atomic E-state index is -3.24. The Morgan fingerprint density at radius 2 is 2.12 bits per heavy atom. The maximum atomic E-state index is 11.8. The Labute approximate surface area is 103 Å². The summed E-state index contributed by atoms with van der Waals surface area (Å²) < 4.78 is 32.0. The number of nitrogens with one attached hydrogen (secondary N) is 1. The molecule has 0 heterocycles. The van der Waals surface area contributed by atoms with E-state index in [-0.39, 0.29) is 5.25 Å². The van der Waals surface area contributed by atoms with Crippen LogP contribution < -0.4 is 9.46 Å². The van der Waals surface area contributed by atoms with Crippen LogP contribution in [0, 0.1) is 0 Å². The zero-order valence-electron chi connectivity index (χ0n) is 8.73. The monoisotopic (exact) mass is 305 g/mol. The Morgan fingerprint density at radius 1 is 1.44 bits per heavy atom. The molecule has 0 unspecified atom stereocenters. The van der Waals surface area contributed by atoms with Crippen molar-refractivity contribution in [2.24, 2.45) is 0 Å². The van der Waals surface area contributed by atoms with E-state index in [2.05, 4.69) is 20.7 Å². The van der Waals surface area contributed by atoms with Gasteiger partial charge in [-0.3, -0.25) is 4.72 Å². The van der Waals surface area contributed by atoms with Gasteiger partial charge in [0.2, 0.25) is 10.0 Å². The summed E-state index contributed by atoms with van der Waals surface area (Å²) in [6.45, 7) is 0. The summed E-state index contributed by atoms with van der Waals surface area (Å²) in [5.41, 5.74) is 0.476. The Bertz CT molecular complexity index is 497. The number of benzene rings is 1. The predicted octanol–water partition coefficient (Wildman–Crippen LogP) is 2.36. The number of hydrogen-bond acceptors (Lipinski definition) is 3. The van der Waals surface area contributed by atoms with Gasteiger partial charge in [-0.05, 0) is 31.0 Å². The zero-order valence-corrected chi connectivity index (χ0v) is 11.1. The summed E-state index contributed by atoms with van der Waals surface area (Å²) in [4.78, 5) is 0. The first-order chi connectivity index (χ1) is 7.53. The van der Waals surface area contributed by atoms with E-state index < -0.39 is 10.0 Å². The van der Waals surface area contributed by atoms with Crippen LogP contribution in [0.3, 0.4) is 0 Å². The zero-order chi connectivity index (χ0) is 11.8. The average molecular weight is 306 g/mol. The summed E-state index contributed by atoms with van der Waals surface area (Å²) in [5, 5.41) is -0.240. The molecule has 0 aliphatic heterocycles. The van der Waals surface area contributed by atoms with Crippen molar-refractivity contribution in [3.05, 3.63) is 22.7 Å². The van der Waals surface area contributed by atoms with E-state index in [0.29, 0.717) is 11.4 Å². The van der Waals surface area contributed by atoms with Gasteiger partial charge in [-0.1, -0.05) is 15.9 Å². The third-order valence-electron chi connectivity index (χ3n) is 2.38. The van der Waals surface area contributed by atoms with Gasteiger partial charge in [0, 0.05) is 4.47 Å². The fourth-order valence-electron chi connectivity index (χ4n) is 1.37. The molecule has 1 aromatic carbocycles. The van der Waals surface area contributed by atoms with Gasteiger partial charge in [0.1, 0.15) is 5.75 Å². The Morgan fingerprint density at radius 3 is 2.69 bits per heavy atom. The Kier molecular flexibility index (Phi) is 3.12. The smallest absolute Gasteiger partial charge is 0.235 e. The van der Waals surface area contributed by atoms with E-state index in [0.717, 1.165) is 17.3 Å². The van der Waals surface area contributed by atoms with Crippen molar-refractivity contribution in [2.75, 3.05) is 11.8 Å². The molecule has 1 fully saturated rings. The number of hydrogen-bond donors (Lipinski definition) is 1. The third-order valence-corrected chi connectivity index (χ3v) is 4.72. The van der Waals surface area contributed by atoms with Crippen molar-refractivity contribution in [1.82, 2.24) is 0 Å². The van der Waals surface area contributed by atoms with Crippen LogP contribution >= 0.6 is 15.9 Å². The summed E-state index contributed by atoms with van der Waals surface area (Å²) >= 11 is 3.30. The maximum absolute atomic E-state index is 11.8. The minimum absolute atomic E-state index is 0.240. The van der Waals surface area contributed by atoms with Crippen LogP contribution in [0.25, 0.3) is 0 Å². The Balaban J connectivity index is 2.29. The molecule has 0 amide bonds. The highest BCUT2D eigenvalue weighted by atomic mass is 79.9. The van der Waals surface area contributed by atoms with Gasteiger partial charge < -0.3 is 4.74 Å². The number of sulfonamides is 1. The Hall–Kier alpha value is -0.750. The van der Waals surface area contributed by atoms with Crippen molar-refractivity contribution in [2.45, 2.75) is 18.1 Å². The van der Waals surface area contributed by atoms with E-state index in [1.165, 1.54) is 7.11 Å². The van der Waals surface area contributed by atoms with Gasteiger partial charge in [0.15, 0.2) is 0 Å². The average Bonchev–Trinajstić information content (AvgIpc) is 3.00. The fraction of sp³-hybridized carbons (Fsp3) is 0.400. The van der Waals surface area contributed by atoms with Crippen LogP contribution in [-0.2, 0) is 10.0 Å². The van der Waals surface area contributed by atoms with Crippen LogP contribution in [-0.4, -0.2) is 20.8 Å². The second kappa shape index (κ2) is 4.25. The molecule has 1 N–H and O–H groups in total. The van der Waals surface area contributed by atoms with Crippen molar-refractivity contribution in [1.29, 1.82) is 0 Å². The summed E-state index contributed by atoms with van der Waals surface area (Å²) in [5.74, 6) is 0.521. The van der Waals surface area contributed by atoms with Crippen molar-refractivity contribution in [3.8, 4) is 5.75 Å². The van der Waals surface area contributed by atoms with Crippen LogP contribution in [0.1, 0.15) is 12.8 Å². The van der Waals surface area contributed by atoms with Crippen LogP contribution in [0.4, 0.5) is 5.69 Å². The first-order valence-electron chi connectivity index (χ1n) is 4.88. The molecule has 88 valence electrons. The van der Waals surface area contributed by atoms with Crippen molar-refractivity contribution in [3.63, 3.8) is 0 Å². The largest absolute Gasteiger partial charge is 0.495 e. The van der Waals surface area contributed by atoms with Crippen LogP contribution in [0.2, 0.25) is 0 Å². The molecule has 4 nitrogen and oxygen atoms in total. The highest BCUT2D eigenvalue weighted by Crippen LogP contribution is 2.33. The molecule has 1 aliphatic rings. The quantitative estimate of drug-likeness (QED) is 0.929. The van der Waals surface area contributed by atoms with E-state index in [1.54, 1.807) is 18.2 Å². The van der Waals surface area contributed by atoms with E-state index in [9.17, 15) is 8.42 Å². The van der Waals surface area contributed by atoms with E-state index in [4.69, 9.17) is 4.74 Å². The third kappa shape index (κ3) is 2.49. The van der Waals surface area contributed by atoms with Gasteiger partial charge >= 0.3 is 0 Å². The normalized spacial score (nSPS) is 15.9. The van der Waals surface area contributed by atoms with Gasteiger partial charge in [-0.15, -0.1) is 0 Å². The topological polar surface area (TPSA) is 55.4 Å². The first kappa shape index (κ1) is 11.7. The number of methoxy groups -OCH3 is 1. The molecule has 0 aromatic heterocycles. The summed E-state index contributed by atoms with van der Waals surface area (Å²) in [6, 6.07) is 5.21. The highest BCUT2D eigenvalue weighted by Gasteiger charge is 2.36. The van der Waals surface area contributed by atoms with Crippen LogP contribution in [0.5, 0.6) is 5.75 Å². The molecule has 0 spiro atoms. The number of anilines is 1. The minimum Gasteiger partial charge on any atom is -0.495 e. The molecule has 0 saturated heterocycles. The SMILES string of the molecule is COc1ccc(Br)cc1NS(=O)(=O)C1CC1. The fourth-order valence-corrected chi connectivity index (χ4v) is 3.13. The molecular weight excluding hydrogens is 294 g/mol. The summed E-state index contributed by atoms with van der Waals surface area (Å²) in [6.07, 6.45) is 1.48. The molecule has 0 radical (unpaired) electrons. The lowest BCUT2D eigenvalue weighted by molar-refractivity contribution is 0.417. The lowest BCUT2D eigenvalue weighted by atomic mass is 10.3. The highest BCUT2D eigenvalue weighted by molar-refractivity contribution is 9.10.